The summed E-state index contributed by atoms with van der Waals surface area (Å²) < 4.78 is 10.4. The van der Waals surface area contributed by atoms with Crippen LogP contribution >= 0.6 is 11.8 Å². The second-order valence-corrected chi connectivity index (χ2v) is 8.74. The molecule has 9 heteroatoms. The topological polar surface area (TPSA) is 95.3 Å². The summed E-state index contributed by atoms with van der Waals surface area (Å²) in [6.45, 7) is 5.86. The van der Waals surface area contributed by atoms with Crippen molar-refractivity contribution in [1.29, 1.82) is 0 Å². The number of nitrogens with zero attached hydrogens (tertiary/aromatic N) is 3. The third-order valence-electron chi connectivity index (χ3n) is 5.45. The van der Waals surface area contributed by atoms with Crippen molar-refractivity contribution in [2.75, 3.05) is 19.1 Å². The van der Waals surface area contributed by atoms with Crippen LogP contribution in [0.4, 0.5) is 0 Å². The van der Waals surface area contributed by atoms with Gasteiger partial charge >= 0.3 is 5.97 Å². The van der Waals surface area contributed by atoms with Crippen LogP contribution in [0.1, 0.15) is 45.8 Å². The van der Waals surface area contributed by atoms with Gasteiger partial charge in [0.2, 0.25) is 5.69 Å². The van der Waals surface area contributed by atoms with Crippen molar-refractivity contribution in [2.45, 2.75) is 36.6 Å². The Balaban J connectivity index is 1.80. The fourth-order valence-electron chi connectivity index (χ4n) is 3.63. The molecule has 0 saturated heterocycles. The van der Waals surface area contributed by atoms with E-state index in [2.05, 4.69) is 15.7 Å². The molecule has 8 nitrogen and oxygen atoms in total. The van der Waals surface area contributed by atoms with Crippen LogP contribution in [0, 0.1) is 6.92 Å². The fourth-order valence-corrected chi connectivity index (χ4v) is 4.93. The van der Waals surface area contributed by atoms with Gasteiger partial charge in [-0.3, -0.25) is 10.2 Å². The zero-order valence-corrected chi connectivity index (χ0v) is 19.1. The van der Waals surface area contributed by atoms with Crippen molar-refractivity contribution in [3.05, 3.63) is 70.9 Å². The van der Waals surface area contributed by atoms with E-state index >= 15 is 0 Å². The van der Waals surface area contributed by atoms with Crippen molar-refractivity contribution in [1.82, 2.24) is 15.1 Å². The van der Waals surface area contributed by atoms with Crippen LogP contribution in [0.3, 0.4) is 0 Å². The first-order valence-corrected chi connectivity index (χ1v) is 11.1. The summed E-state index contributed by atoms with van der Waals surface area (Å²) in [7, 11) is 1.60. The number of esters is 1. The van der Waals surface area contributed by atoms with E-state index in [1.807, 2.05) is 62.4 Å². The molecule has 0 amide bonds. The summed E-state index contributed by atoms with van der Waals surface area (Å²) in [5, 5.41) is 7.94. The molecule has 166 valence electrons. The van der Waals surface area contributed by atoms with Gasteiger partial charge in [0.15, 0.2) is 10.8 Å². The molecule has 0 radical (unpaired) electrons. The monoisotopic (exact) mass is 452 g/mol. The average molecular weight is 453 g/mol. The molecule has 0 unspecified atom stereocenters. The Kier molecular flexibility index (Phi) is 5.92. The lowest BCUT2D eigenvalue weighted by atomic mass is 9.85. The maximum Gasteiger partial charge on any atom is 0.361 e. The molecule has 2 aromatic carbocycles. The van der Waals surface area contributed by atoms with Crippen LogP contribution < -0.4 is 10.2 Å². The van der Waals surface area contributed by atoms with E-state index in [4.69, 9.17) is 9.47 Å². The maximum atomic E-state index is 13.7. The molecular weight excluding hydrogens is 428 g/mol. The Bertz CT molecular complexity index is 1140. The smallest absolute Gasteiger partial charge is 0.361 e. The lowest BCUT2D eigenvalue weighted by Gasteiger charge is -2.41. The summed E-state index contributed by atoms with van der Waals surface area (Å²) >= 11 is 1.26. The molecule has 0 spiro atoms. The molecule has 4 rings (SSSR count). The number of hydrogen-bond acceptors (Lipinski definition) is 8. The van der Waals surface area contributed by atoms with E-state index in [-0.39, 0.29) is 18.1 Å². The SMILES string of the molecule is CCOC(=O)c1nnn2c1S[C@H](C(=O)c1ccc(C)cc1)[C@@](C)(c1ccc(OC)cc1)N2. The third kappa shape index (κ3) is 3.84. The molecule has 2 atom stereocenters. The summed E-state index contributed by atoms with van der Waals surface area (Å²) in [5.74, 6) is 0.0778. The first-order valence-electron chi connectivity index (χ1n) is 10.2. The molecular formula is C23H24N4O4S. The van der Waals surface area contributed by atoms with Crippen molar-refractivity contribution in [3.8, 4) is 5.75 Å². The number of benzene rings is 2. The molecule has 1 aliphatic heterocycles. The van der Waals surface area contributed by atoms with Gasteiger partial charge in [-0.1, -0.05) is 53.7 Å². The summed E-state index contributed by atoms with van der Waals surface area (Å²) in [4.78, 5) is 27.5. The lowest BCUT2D eigenvalue weighted by molar-refractivity contribution is 0.0514. The molecule has 1 aliphatic rings. The predicted molar refractivity (Wildman–Crippen MR) is 121 cm³/mol. The van der Waals surface area contributed by atoms with Gasteiger partial charge in [0.25, 0.3) is 0 Å². The number of thioether (sulfide) groups is 1. The Morgan fingerprint density at radius 2 is 1.84 bits per heavy atom. The maximum absolute atomic E-state index is 13.7. The van der Waals surface area contributed by atoms with Gasteiger partial charge in [-0.05, 0) is 43.7 Å². The van der Waals surface area contributed by atoms with E-state index < -0.39 is 16.8 Å². The number of methoxy groups -OCH3 is 1. The van der Waals surface area contributed by atoms with E-state index in [0.717, 1.165) is 11.1 Å². The largest absolute Gasteiger partial charge is 0.497 e. The molecule has 1 aromatic heterocycles. The van der Waals surface area contributed by atoms with Crippen molar-refractivity contribution in [3.63, 3.8) is 0 Å². The highest BCUT2D eigenvalue weighted by atomic mass is 32.2. The summed E-state index contributed by atoms with van der Waals surface area (Å²) in [5.41, 5.74) is 5.09. The highest BCUT2D eigenvalue weighted by molar-refractivity contribution is 8.00. The van der Waals surface area contributed by atoms with Crippen molar-refractivity contribution in [2.24, 2.45) is 0 Å². The van der Waals surface area contributed by atoms with E-state index in [1.54, 1.807) is 14.0 Å². The zero-order valence-electron chi connectivity index (χ0n) is 18.3. The molecule has 1 N–H and O–H groups in total. The van der Waals surface area contributed by atoms with Crippen LogP contribution in [-0.4, -0.2) is 45.8 Å². The van der Waals surface area contributed by atoms with Gasteiger partial charge in [-0.2, -0.15) is 4.79 Å². The van der Waals surface area contributed by atoms with Crippen LogP contribution in [-0.2, 0) is 10.3 Å². The molecule has 0 bridgehead atoms. The van der Waals surface area contributed by atoms with Gasteiger partial charge < -0.3 is 9.47 Å². The van der Waals surface area contributed by atoms with Gasteiger partial charge in [-0.15, -0.1) is 5.10 Å². The normalized spacial score (nSPS) is 19.6. The predicted octanol–water partition coefficient (Wildman–Crippen LogP) is 3.59. The number of aromatic nitrogens is 3. The molecule has 0 saturated carbocycles. The Morgan fingerprint density at radius 1 is 1.16 bits per heavy atom. The minimum absolute atomic E-state index is 0.0666. The number of aryl methyl sites for hydroxylation is 1. The van der Waals surface area contributed by atoms with Crippen LogP contribution in [0.25, 0.3) is 0 Å². The number of ether oxygens (including phenoxy) is 2. The molecule has 32 heavy (non-hydrogen) atoms. The number of hydrogen-bond donors (Lipinski definition) is 1. The third-order valence-corrected chi connectivity index (χ3v) is 6.96. The Morgan fingerprint density at radius 3 is 2.47 bits per heavy atom. The first-order chi connectivity index (χ1) is 15.4. The number of carbonyl (C=O) groups excluding carboxylic acids is 2. The standard InChI is InChI=1S/C23H24N4O4S/c1-5-31-22(29)18-21-27(26-24-18)25-23(3,16-10-12-17(30-4)13-11-16)20(32-21)19(28)15-8-6-14(2)7-9-15/h6-13,20,25H,5H2,1-4H3/t20-,23-/m1/s1. The van der Waals surface area contributed by atoms with Crippen molar-refractivity contribution < 1.29 is 19.1 Å². The zero-order chi connectivity index (χ0) is 22.9. The lowest BCUT2D eigenvalue weighted by Crippen LogP contribution is -2.53. The Labute approximate surface area is 190 Å². The molecule has 0 aliphatic carbocycles. The number of carbonyl (C=O) groups is 2. The summed E-state index contributed by atoms with van der Waals surface area (Å²) in [6.07, 6.45) is 0. The average Bonchev–Trinajstić information content (AvgIpc) is 3.21. The number of nitrogens with one attached hydrogen (secondary N) is 1. The molecule has 3 aromatic rings. The number of fused-ring (bicyclic) bond motifs is 1. The van der Waals surface area contributed by atoms with Crippen LogP contribution in [0.15, 0.2) is 53.6 Å². The second kappa shape index (κ2) is 8.66. The number of Topliss-reactive ketones (excluding diaryl/α,β-unsaturated/α-hetero) is 1. The van der Waals surface area contributed by atoms with Gasteiger partial charge in [0, 0.05) is 5.56 Å². The minimum Gasteiger partial charge on any atom is -0.497 e. The highest BCUT2D eigenvalue weighted by Crippen LogP contribution is 2.44. The van der Waals surface area contributed by atoms with E-state index in [9.17, 15) is 9.59 Å². The fraction of sp³-hybridized carbons (Fsp3) is 0.304. The minimum atomic E-state index is -0.842. The van der Waals surface area contributed by atoms with Gasteiger partial charge in [0.05, 0.1) is 19.3 Å². The molecule has 2 heterocycles. The summed E-state index contributed by atoms with van der Waals surface area (Å²) in [6, 6.07) is 15.0. The van der Waals surface area contributed by atoms with E-state index in [1.165, 1.54) is 16.6 Å². The first kappa shape index (κ1) is 21.9. The van der Waals surface area contributed by atoms with Crippen molar-refractivity contribution >= 4 is 23.5 Å². The second-order valence-electron chi connectivity index (χ2n) is 7.65. The van der Waals surface area contributed by atoms with Crippen LogP contribution in [0.2, 0.25) is 0 Å². The van der Waals surface area contributed by atoms with Crippen LogP contribution in [0.5, 0.6) is 5.75 Å². The highest BCUT2D eigenvalue weighted by Gasteiger charge is 2.47. The van der Waals surface area contributed by atoms with Gasteiger partial charge in [-0.25, -0.2) is 4.79 Å². The number of ketones is 1. The van der Waals surface area contributed by atoms with Gasteiger partial charge in [0.1, 0.15) is 11.0 Å². The Hall–Kier alpha value is -3.33. The molecule has 0 fully saturated rings. The quantitative estimate of drug-likeness (QED) is 0.448. The van der Waals surface area contributed by atoms with E-state index in [0.29, 0.717) is 16.3 Å². The number of rotatable bonds is 6.